The van der Waals surface area contributed by atoms with E-state index in [0.717, 1.165) is 52.4 Å². The lowest BCUT2D eigenvalue weighted by Gasteiger charge is -2.26. The van der Waals surface area contributed by atoms with Gasteiger partial charge in [0, 0.05) is 46.8 Å². The number of likely N-dealkylation sites (N-methyl/N-ethyl adjacent to an activating group) is 1. The minimum Gasteiger partial charge on any atom is -0.379 e. The number of carbonyl (C=O) groups excluding carboxylic acids is 1. The molecule has 7 nitrogen and oxygen atoms in total. The first-order chi connectivity index (χ1) is 11.0. The van der Waals surface area contributed by atoms with E-state index in [1.54, 1.807) is 19.0 Å². The highest BCUT2D eigenvalue weighted by Crippen LogP contribution is 1.97. The predicted molar refractivity (Wildman–Crippen MR) is 109 cm³/mol. The molecule has 0 aromatic heterocycles. The van der Waals surface area contributed by atoms with Crippen molar-refractivity contribution < 1.29 is 9.53 Å². The fraction of sp³-hybridized carbons (Fsp3) is 0.875. The highest BCUT2D eigenvalue weighted by atomic mass is 127. The van der Waals surface area contributed by atoms with Crippen molar-refractivity contribution in [1.29, 1.82) is 0 Å². The maximum absolute atomic E-state index is 11.7. The Labute approximate surface area is 163 Å². The van der Waals surface area contributed by atoms with E-state index in [-0.39, 0.29) is 36.4 Å². The van der Waals surface area contributed by atoms with E-state index >= 15 is 0 Å². The van der Waals surface area contributed by atoms with Crippen LogP contribution < -0.4 is 10.6 Å². The summed E-state index contributed by atoms with van der Waals surface area (Å²) in [6.07, 6.45) is 1.08. The summed E-state index contributed by atoms with van der Waals surface area (Å²) in [5.41, 5.74) is 0. The lowest BCUT2D eigenvalue weighted by Crippen LogP contribution is -2.45. The van der Waals surface area contributed by atoms with E-state index in [1.807, 2.05) is 0 Å². The maximum atomic E-state index is 11.7. The summed E-state index contributed by atoms with van der Waals surface area (Å²) >= 11 is 0. The monoisotopic (exact) mass is 455 g/mol. The molecule has 1 fully saturated rings. The first-order valence-electron chi connectivity index (χ1n) is 8.51. The minimum atomic E-state index is 0. The van der Waals surface area contributed by atoms with Crippen molar-refractivity contribution in [3.8, 4) is 0 Å². The molecule has 0 bridgehead atoms. The Hall–Kier alpha value is -0.610. The summed E-state index contributed by atoms with van der Waals surface area (Å²) < 4.78 is 5.35. The third kappa shape index (κ3) is 11.0. The largest absolute Gasteiger partial charge is 0.379 e. The van der Waals surface area contributed by atoms with Crippen molar-refractivity contribution in [2.45, 2.75) is 20.3 Å². The van der Waals surface area contributed by atoms with Crippen molar-refractivity contribution >= 4 is 35.8 Å². The van der Waals surface area contributed by atoms with Crippen LogP contribution in [-0.4, -0.2) is 88.2 Å². The molecule has 1 rings (SSSR count). The van der Waals surface area contributed by atoms with Crippen LogP contribution in [0.15, 0.2) is 4.99 Å². The third-order valence-corrected chi connectivity index (χ3v) is 3.71. The molecular weight excluding hydrogens is 421 g/mol. The summed E-state index contributed by atoms with van der Waals surface area (Å²) in [6.45, 7) is 10.8. The van der Waals surface area contributed by atoms with E-state index in [1.165, 1.54) is 0 Å². The van der Waals surface area contributed by atoms with E-state index < -0.39 is 0 Å². The standard InChI is InChI=1S/C16H33N5O2.HI/c1-14(2)5-6-17-16(19-13-15(22)20(3)4)18-7-8-21-9-11-23-12-10-21;/h14H,5-13H2,1-4H3,(H2,17,18,19);1H. The molecule has 0 aromatic rings. The van der Waals surface area contributed by atoms with Crippen molar-refractivity contribution in [3.05, 3.63) is 0 Å². The molecule has 24 heavy (non-hydrogen) atoms. The smallest absolute Gasteiger partial charge is 0.243 e. The van der Waals surface area contributed by atoms with Gasteiger partial charge in [-0.1, -0.05) is 13.8 Å². The van der Waals surface area contributed by atoms with Gasteiger partial charge in [-0.3, -0.25) is 9.69 Å². The molecule has 8 heteroatoms. The van der Waals surface area contributed by atoms with E-state index in [4.69, 9.17) is 4.74 Å². The normalized spacial score (nSPS) is 15.8. The molecule has 2 N–H and O–H groups in total. The van der Waals surface area contributed by atoms with Crippen LogP contribution in [-0.2, 0) is 9.53 Å². The number of nitrogens with one attached hydrogen (secondary N) is 2. The SMILES string of the molecule is CC(C)CCNC(=NCC(=O)N(C)C)NCCN1CCOCC1.I. The van der Waals surface area contributed by atoms with Crippen LogP contribution in [0.2, 0.25) is 0 Å². The molecule has 0 radical (unpaired) electrons. The highest BCUT2D eigenvalue weighted by Gasteiger charge is 2.10. The van der Waals surface area contributed by atoms with E-state index in [2.05, 4.69) is 34.4 Å². The second-order valence-corrected chi connectivity index (χ2v) is 6.44. The molecule has 142 valence electrons. The van der Waals surface area contributed by atoms with Gasteiger partial charge in [-0.2, -0.15) is 0 Å². The molecule has 0 spiro atoms. The summed E-state index contributed by atoms with van der Waals surface area (Å²) in [5, 5.41) is 6.63. The van der Waals surface area contributed by atoms with Crippen LogP contribution in [0, 0.1) is 5.92 Å². The van der Waals surface area contributed by atoms with Crippen molar-refractivity contribution in [2.24, 2.45) is 10.9 Å². The number of amides is 1. The fourth-order valence-corrected chi connectivity index (χ4v) is 2.10. The molecule has 0 aliphatic carbocycles. The zero-order valence-corrected chi connectivity index (χ0v) is 17.8. The van der Waals surface area contributed by atoms with Gasteiger partial charge in [0.2, 0.25) is 5.91 Å². The first-order valence-corrected chi connectivity index (χ1v) is 8.51. The van der Waals surface area contributed by atoms with Gasteiger partial charge in [-0.15, -0.1) is 24.0 Å². The number of ether oxygens (including phenoxy) is 1. The summed E-state index contributed by atoms with van der Waals surface area (Å²) in [6, 6.07) is 0. The molecule has 0 saturated carbocycles. The Morgan fingerprint density at radius 3 is 2.42 bits per heavy atom. The number of hydrogen-bond donors (Lipinski definition) is 2. The summed E-state index contributed by atoms with van der Waals surface area (Å²) in [5.74, 6) is 1.36. The van der Waals surface area contributed by atoms with Crippen molar-refractivity contribution in [2.75, 3.05) is 66.6 Å². The number of guanidine groups is 1. The molecule has 0 atom stereocenters. The predicted octanol–water partition coefficient (Wildman–Crippen LogP) is 0.606. The molecule has 1 aliphatic rings. The Bertz CT molecular complexity index is 371. The summed E-state index contributed by atoms with van der Waals surface area (Å²) in [7, 11) is 3.49. The molecule has 0 aromatic carbocycles. The molecule has 0 unspecified atom stereocenters. The third-order valence-electron chi connectivity index (χ3n) is 3.71. The number of rotatable bonds is 8. The van der Waals surface area contributed by atoms with Crippen molar-refractivity contribution in [3.63, 3.8) is 0 Å². The lowest BCUT2D eigenvalue weighted by molar-refractivity contribution is -0.127. The van der Waals surface area contributed by atoms with Gasteiger partial charge in [-0.25, -0.2) is 4.99 Å². The molecule has 1 aliphatic heterocycles. The number of hydrogen-bond acceptors (Lipinski definition) is 4. The van der Waals surface area contributed by atoms with Gasteiger partial charge in [0.1, 0.15) is 6.54 Å². The number of morpholine rings is 1. The zero-order chi connectivity index (χ0) is 17.1. The van der Waals surface area contributed by atoms with Gasteiger partial charge in [0.25, 0.3) is 0 Å². The molecular formula is C16H34IN5O2. The Morgan fingerprint density at radius 2 is 1.83 bits per heavy atom. The quantitative estimate of drug-likeness (QED) is 0.319. The Morgan fingerprint density at radius 1 is 1.21 bits per heavy atom. The Balaban J connectivity index is 0.00000529. The van der Waals surface area contributed by atoms with Gasteiger partial charge in [-0.05, 0) is 12.3 Å². The second-order valence-electron chi connectivity index (χ2n) is 6.44. The average Bonchev–Trinajstić information content (AvgIpc) is 2.52. The Kier molecular flexibility index (Phi) is 13.3. The molecule has 1 amide bonds. The highest BCUT2D eigenvalue weighted by molar-refractivity contribution is 14.0. The van der Waals surface area contributed by atoms with Gasteiger partial charge in [0.05, 0.1) is 13.2 Å². The maximum Gasteiger partial charge on any atom is 0.243 e. The first kappa shape index (κ1) is 23.4. The van der Waals surface area contributed by atoms with Gasteiger partial charge < -0.3 is 20.3 Å². The number of aliphatic imine (C=N–C) groups is 1. The van der Waals surface area contributed by atoms with Crippen LogP contribution in [0.1, 0.15) is 20.3 Å². The topological polar surface area (TPSA) is 69.2 Å². The second kappa shape index (κ2) is 13.7. The molecule has 1 saturated heterocycles. The summed E-state index contributed by atoms with van der Waals surface area (Å²) in [4.78, 5) is 20.0. The van der Waals surface area contributed by atoms with Crippen LogP contribution in [0.3, 0.4) is 0 Å². The molecule has 1 heterocycles. The van der Waals surface area contributed by atoms with Crippen LogP contribution >= 0.6 is 24.0 Å². The van der Waals surface area contributed by atoms with Crippen LogP contribution in [0.4, 0.5) is 0 Å². The van der Waals surface area contributed by atoms with E-state index in [9.17, 15) is 4.79 Å². The average molecular weight is 455 g/mol. The van der Waals surface area contributed by atoms with Crippen molar-refractivity contribution in [1.82, 2.24) is 20.4 Å². The number of nitrogens with zero attached hydrogens (tertiary/aromatic N) is 3. The van der Waals surface area contributed by atoms with Crippen LogP contribution in [0.25, 0.3) is 0 Å². The number of carbonyl (C=O) groups is 1. The van der Waals surface area contributed by atoms with Crippen LogP contribution in [0.5, 0.6) is 0 Å². The van der Waals surface area contributed by atoms with E-state index in [0.29, 0.717) is 11.9 Å². The fourth-order valence-electron chi connectivity index (χ4n) is 2.10. The zero-order valence-electron chi connectivity index (χ0n) is 15.5. The number of halogens is 1. The lowest BCUT2D eigenvalue weighted by atomic mass is 10.1. The minimum absolute atomic E-state index is 0. The van der Waals surface area contributed by atoms with Gasteiger partial charge >= 0.3 is 0 Å². The van der Waals surface area contributed by atoms with Gasteiger partial charge in [0.15, 0.2) is 5.96 Å².